The molecule has 0 atom stereocenters. The van der Waals surface area contributed by atoms with Crippen molar-refractivity contribution in [2.45, 2.75) is 23.4 Å². The summed E-state index contributed by atoms with van der Waals surface area (Å²) in [6.07, 6.45) is 1.05. The molecule has 0 amide bonds. The molecule has 3 rings (SSSR count). The second-order valence-electron chi connectivity index (χ2n) is 4.61. The van der Waals surface area contributed by atoms with Gasteiger partial charge in [-0.1, -0.05) is 58.9 Å². The first kappa shape index (κ1) is 16.2. The van der Waals surface area contributed by atoms with Crippen LogP contribution in [0.4, 0.5) is 5.13 Å². The lowest BCUT2D eigenvalue weighted by molar-refractivity contribution is 0.391. The van der Waals surface area contributed by atoms with Crippen molar-refractivity contribution in [1.82, 2.24) is 20.3 Å². The van der Waals surface area contributed by atoms with E-state index in [0.717, 1.165) is 28.0 Å². The number of rotatable bonds is 7. The molecule has 2 heterocycles. The molecular formula is C14H14ClN5OS2. The van der Waals surface area contributed by atoms with Crippen LogP contribution in [0.15, 0.2) is 33.1 Å². The highest BCUT2D eigenvalue weighted by atomic mass is 35.5. The Bertz CT molecular complexity index is 776. The topological polar surface area (TPSA) is 76.7 Å². The lowest BCUT2D eigenvalue weighted by Gasteiger charge is -1.95. The molecule has 0 aliphatic heterocycles. The van der Waals surface area contributed by atoms with Crippen LogP contribution in [-0.4, -0.2) is 26.9 Å². The summed E-state index contributed by atoms with van der Waals surface area (Å²) < 4.78 is 6.13. The van der Waals surface area contributed by atoms with Crippen LogP contribution in [0.3, 0.4) is 0 Å². The van der Waals surface area contributed by atoms with E-state index in [2.05, 4.69) is 32.6 Å². The number of thioether (sulfide) groups is 1. The minimum Gasteiger partial charge on any atom is -0.360 e. The van der Waals surface area contributed by atoms with Gasteiger partial charge in [0.25, 0.3) is 0 Å². The SMILES string of the molecule is CCCNc1nnc(SCc2nc(-c3cccc(Cl)c3)no2)s1. The molecule has 0 unspecified atom stereocenters. The zero-order valence-electron chi connectivity index (χ0n) is 12.3. The van der Waals surface area contributed by atoms with Gasteiger partial charge in [-0.25, -0.2) is 0 Å². The van der Waals surface area contributed by atoms with Gasteiger partial charge < -0.3 is 9.84 Å². The summed E-state index contributed by atoms with van der Waals surface area (Å²) in [7, 11) is 0. The Balaban J connectivity index is 1.60. The Morgan fingerprint density at radius 3 is 3.09 bits per heavy atom. The quantitative estimate of drug-likeness (QED) is 0.622. The Kier molecular flexibility index (Phi) is 5.47. The van der Waals surface area contributed by atoms with Gasteiger partial charge in [0.2, 0.25) is 16.8 Å². The maximum Gasteiger partial charge on any atom is 0.237 e. The lowest BCUT2D eigenvalue weighted by Crippen LogP contribution is -1.98. The van der Waals surface area contributed by atoms with Crippen molar-refractivity contribution < 1.29 is 4.52 Å². The van der Waals surface area contributed by atoms with E-state index in [4.69, 9.17) is 16.1 Å². The summed E-state index contributed by atoms with van der Waals surface area (Å²) in [5.41, 5.74) is 0.833. The number of aromatic nitrogens is 4. The molecule has 3 aromatic rings. The van der Waals surface area contributed by atoms with E-state index in [1.165, 1.54) is 23.1 Å². The van der Waals surface area contributed by atoms with Gasteiger partial charge in [-0.15, -0.1) is 10.2 Å². The number of nitrogens with one attached hydrogen (secondary N) is 1. The maximum atomic E-state index is 5.97. The first-order valence-corrected chi connectivity index (χ1v) is 9.21. The number of halogens is 1. The van der Waals surface area contributed by atoms with Crippen LogP contribution in [0, 0.1) is 0 Å². The van der Waals surface area contributed by atoms with Gasteiger partial charge in [-0.3, -0.25) is 0 Å². The van der Waals surface area contributed by atoms with E-state index in [1.807, 2.05) is 18.2 Å². The van der Waals surface area contributed by atoms with E-state index in [1.54, 1.807) is 6.07 Å². The van der Waals surface area contributed by atoms with Gasteiger partial charge in [0.05, 0.1) is 5.75 Å². The second kappa shape index (κ2) is 7.76. The zero-order valence-corrected chi connectivity index (χ0v) is 14.7. The summed E-state index contributed by atoms with van der Waals surface area (Å²) in [5.74, 6) is 1.63. The van der Waals surface area contributed by atoms with E-state index in [-0.39, 0.29) is 0 Å². The Hall–Kier alpha value is -1.64. The van der Waals surface area contributed by atoms with Crippen molar-refractivity contribution >= 4 is 39.8 Å². The third-order valence-electron chi connectivity index (χ3n) is 2.80. The van der Waals surface area contributed by atoms with Gasteiger partial charge in [-0.05, 0) is 18.6 Å². The summed E-state index contributed by atoms with van der Waals surface area (Å²) in [4.78, 5) is 4.38. The Morgan fingerprint density at radius 1 is 1.35 bits per heavy atom. The molecule has 0 bridgehead atoms. The average Bonchev–Trinajstić information content (AvgIpc) is 3.20. The monoisotopic (exact) mass is 367 g/mol. The second-order valence-corrected chi connectivity index (χ2v) is 7.25. The predicted octanol–water partition coefficient (Wildman–Crippen LogP) is 4.36. The van der Waals surface area contributed by atoms with E-state index in [9.17, 15) is 0 Å². The Morgan fingerprint density at radius 2 is 2.26 bits per heavy atom. The molecular weight excluding hydrogens is 354 g/mol. The normalized spacial score (nSPS) is 10.9. The van der Waals surface area contributed by atoms with Crippen LogP contribution < -0.4 is 5.32 Å². The highest BCUT2D eigenvalue weighted by Crippen LogP contribution is 2.28. The summed E-state index contributed by atoms with van der Waals surface area (Å²) in [5, 5.41) is 16.9. The van der Waals surface area contributed by atoms with Crippen molar-refractivity contribution in [2.24, 2.45) is 0 Å². The zero-order chi connectivity index (χ0) is 16.1. The van der Waals surface area contributed by atoms with Gasteiger partial charge in [0, 0.05) is 17.1 Å². The number of hydrogen-bond donors (Lipinski definition) is 1. The van der Waals surface area contributed by atoms with E-state index >= 15 is 0 Å². The van der Waals surface area contributed by atoms with Crippen molar-refractivity contribution in [1.29, 1.82) is 0 Å². The number of anilines is 1. The molecule has 1 N–H and O–H groups in total. The van der Waals surface area contributed by atoms with Crippen molar-refractivity contribution in [2.75, 3.05) is 11.9 Å². The number of hydrogen-bond acceptors (Lipinski definition) is 8. The molecule has 0 aliphatic carbocycles. The molecule has 1 aromatic carbocycles. The molecule has 0 saturated carbocycles. The Labute approximate surface area is 146 Å². The van der Waals surface area contributed by atoms with Crippen molar-refractivity contribution in [3.63, 3.8) is 0 Å². The third-order valence-corrected chi connectivity index (χ3v) is 5.04. The molecule has 0 saturated heterocycles. The maximum absolute atomic E-state index is 5.97. The number of nitrogens with zero attached hydrogens (tertiary/aromatic N) is 4. The standard InChI is InChI=1S/C14H14ClN5OS2/c1-2-6-16-13-18-19-14(23-13)22-8-11-17-12(20-21-11)9-4-3-5-10(15)7-9/h3-5,7H,2,6,8H2,1H3,(H,16,18). The highest BCUT2D eigenvalue weighted by molar-refractivity contribution is 8.00. The fraction of sp³-hybridized carbons (Fsp3) is 0.286. The summed E-state index contributed by atoms with van der Waals surface area (Å²) in [6.45, 7) is 3.00. The van der Waals surface area contributed by atoms with Gasteiger partial charge in [0.15, 0.2) is 4.34 Å². The first-order valence-electron chi connectivity index (χ1n) is 7.03. The molecule has 0 spiro atoms. The molecule has 0 radical (unpaired) electrons. The smallest absolute Gasteiger partial charge is 0.237 e. The predicted molar refractivity (Wildman–Crippen MR) is 93.0 cm³/mol. The van der Waals surface area contributed by atoms with Gasteiger partial charge in [0.1, 0.15) is 0 Å². The largest absolute Gasteiger partial charge is 0.360 e. The fourth-order valence-corrected chi connectivity index (χ4v) is 3.56. The molecule has 2 aromatic heterocycles. The van der Waals surface area contributed by atoms with Crippen LogP contribution >= 0.6 is 34.7 Å². The van der Waals surface area contributed by atoms with Crippen LogP contribution in [0.5, 0.6) is 0 Å². The van der Waals surface area contributed by atoms with Crippen LogP contribution in [-0.2, 0) is 5.75 Å². The van der Waals surface area contributed by atoms with Crippen LogP contribution in [0.25, 0.3) is 11.4 Å². The van der Waals surface area contributed by atoms with Crippen molar-refractivity contribution in [3.8, 4) is 11.4 Å². The van der Waals surface area contributed by atoms with Crippen LogP contribution in [0.2, 0.25) is 5.02 Å². The van der Waals surface area contributed by atoms with E-state index < -0.39 is 0 Å². The minimum atomic E-state index is 0.533. The van der Waals surface area contributed by atoms with Gasteiger partial charge in [-0.2, -0.15) is 4.98 Å². The molecule has 9 heteroatoms. The molecule has 23 heavy (non-hydrogen) atoms. The van der Waals surface area contributed by atoms with Crippen molar-refractivity contribution in [3.05, 3.63) is 35.2 Å². The highest BCUT2D eigenvalue weighted by Gasteiger charge is 2.11. The molecule has 0 aliphatic rings. The fourth-order valence-electron chi connectivity index (χ4n) is 1.75. The summed E-state index contributed by atoms with van der Waals surface area (Å²) >= 11 is 9.01. The molecule has 6 nitrogen and oxygen atoms in total. The van der Waals surface area contributed by atoms with E-state index in [0.29, 0.717) is 22.5 Å². The third kappa shape index (κ3) is 4.43. The summed E-state index contributed by atoms with van der Waals surface area (Å²) in [6, 6.07) is 7.36. The number of benzene rings is 1. The lowest BCUT2D eigenvalue weighted by atomic mass is 10.2. The van der Waals surface area contributed by atoms with Crippen LogP contribution in [0.1, 0.15) is 19.2 Å². The average molecular weight is 368 g/mol. The first-order chi connectivity index (χ1) is 11.2. The molecule has 120 valence electrons. The molecule has 0 fully saturated rings. The minimum absolute atomic E-state index is 0.533. The van der Waals surface area contributed by atoms with Gasteiger partial charge >= 0.3 is 0 Å².